The number of thiazole rings is 1. The summed E-state index contributed by atoms with van der Waals surface area (Å²) in [5.41, 5.74) is 0.555. The van der Waals surface area contributed by atoms with Gasteiger partial charge in [-0.1, -0.05) is 11.3 Å². The molecule has 2 N–H and O–H groups in total. The number of rotatable bonds is 2. The van der Waals surface area contributed by atoms with Gasteiger partial charge in [0, 0.05) is 12.5 Å². The van der Waals surface area contributed by atoms with Gasteiger partial charge in [-0.15, -0.1) is 0 Å². The number of fused-ring (bicyclic) bond motifs is 1. The van der Waals surface area contributed by atoms with E-state index in [0.29, 0.717) is 23.5 Å². The standard InChI is InChI=1S/C12H10FN3O2S/c13-6-1-3-9-8(5-6)15-12(19-9)14-7-2-4-10(17)16-11(7)18/h1,3,5,7H,2,4H2,(H,14,15)(H,16,17,18). The Balaban J connectivity index is 1.81. The molecule has 5 nitrogen and oxygen atoms in total. The Morgan fingerprint density at radius 3 is 3.05 bits per heavy atom. The molecule has 1 unspecified atom stereocenters. The minimum atomic E-state index is -0.469. The van der Waals surface area contributed by atoms with E-state index in [9.17, 15) is 14.0 Å². The van der Waals surface area contributed by atoms with E-state index >= 15 is 0 Å². The minimum absolute atomic E-state index is 0.255. The Morgan fingerprint density at radius 1 is 1.42 bits per heavy atom. The van der Waals surface area contributed by atoms with Crippen LogP contribution < -0.4 is 10.6 Å². The van der Waals surface area contributed by atoms with Crippen LogP contribution in [0.3, 0.4) is 0 Å². The molecule has 1 aliphatic rings. The lowest BCUT2D eigenvalue weighted by Gasteiger charge is -2.21. The van der Waals surface area contributed by atoms with Crippen LogP contribution in [-0.2, 0) is 9.59 Å². The lowest BCUT2D eigenvalue weighted by molar-refractivity contribution is -0.133. The second kappa shape index (κ2) is 4.58. The third-order valence-corrected chi connectivity index (χ3v) is 3.85. The molecule has 0 aliphatic carbocycles. The molecule has 1 aliphatic heterocycles. The molecular weight excluding hydrogens is 269 g/mol. The largest absolute Gasteiger partial charge is 0.350 e. The van der Waals surface area contributed by atoms with Gasteiger partial charge in [-0.2, -0.15) is 0 Å². The van der Waals surface area contributed by atoms with Crippen LogP contribution >= 0.6 is 11.3 Å². The fraction of sp³-hybridized carbons (Fsp3) is 0.250. The van der Waals surface area contributed by atoms with Crippen LogP contribution in [0.1, 0.15) is 12.8 Å². The number of halogens is 1. The number of carbonyl (C=O) groups is 2. The molecule has 1 atom stereocenters. The molecule has 1 aromatic heterocycles. The van der Waals surface area contributed by atoms with E-state index < -0.39 is 6.04 Å². The molecule has 19 heavy (non-hydrogen) atoms. The zero-order chi connectivity index (χ0) is 13.4. The van der Waals surface area contributed by atoms with Crippen molar-refractivity contribution in [1.29, 1.82) is 0 Å². The third-order valence-electron chi connectivity index (χ3n) is 2.89. The number of hydrogen-bond acceptors (Lipinski definition) is 5. The van der Waals surface area contributed by atoms with Gasteiger partial charge in [-0.05, 0) is 18.6 Å². The van der Waals surface area contributed by atoms with Gasteiger partial charge in [0.2, 0.25) is 11.8 Å². The van der Waals surface area contributed by atoms with E-state index in [4.69, 9.17) is 0 Å². The van der Waals surface area contributed by atoms with E-state index in [1.165, 1.54) is 23.5 Å². The molecule has 0 saturated carbocycles. The Hall–Kier alpha value is -2.02. The SMILES string of the molecule is O=C1CCC(Nc2nc3cc(F)ccc3s2)C(=O)N1. The van der Waals surface area contributed by atoms with Gasteiger partial charge >= 0.3 is 0 Å². The number of anilines is 1. The lowest BCUT2D eigenvalue weighted by atomic mass is 10.1. The predicted molar refractivity (Wildman–Crippen MR) is 69.4 cm³/mol. The number of carbonyl (C=O) groups excluding carboxylic acids is 2. The molecule has 2 heterocycles. The number of benzene rings is 1. The van der Waals surface area contributed by atoms with Gasteiger partial charge in [0.1, 0.15) is 11.9 Å². The van der Waals surface area contributed by atoms with Gasteiger partial charge in [-0.25, -0.2) is 9.37 Å². The summed E-state index contributed by atoms with van der Waals surface area (Å²) in [5, 5.41) is 5.80. The highest BCUT2D eigenvalue weighted by molar-refractivity contribution is 7.22. The highest BCUT2D eigenvalue weighted by Gasteiger charge is 2.27. The van der Waals surface area contributed by atoms with Crippen molar-refractivity contribution < 1.29 is 14.0 Å². The molecule has 98 valence electrons. The summed E-state index contributed by atoms with van der Waals surface area (Å²) < 4.78 is 13.9. The van der Waals surface area contributed by atoms with Crippen LogP contribution in [0.4, 0.5) is 9.52 Å². The summed E-state index contributed by atoms with van der Waals surface area (Å²) in [4.78, 5) is 26.9. The molecule has 1 aromatic carbocycles. The topological polar surface area (TPSA) is 71.1 Å². The van der Waals surface area contributed by atoms with Crippen molar-refractivity contribution >= 4 is 38.5 Å². The van der Waals surface area contributed by atoms with Crippen molar-refractivity contribution in [2.24, 2.45) is 0 Å². The van der Waals surface area contributed by atoms with E-state index in [1.54, 1.807) is 6.07 Å². The molecular formula is C12H10FN3O2S. The fourth-order valence-electron chi connectivity index (χ4n) is 1.94. The molecule has 1 fully saturated rings. The number of nitrogens with zero attached hydrogens (tertiary/aromatic N) is 1. The van der Waals surface area contributed by atoms with Crippen LogP contribution in [0.2, 0.25) is 0 Å². The van der Waals surface area contributed by atoms with Crippen molar-refractivity contribution in [3.63, 3.8) is 0 Å². The van der Waals surface area contributed by atoms with Gasteiger partial charge in [0.15, 0.2) is 5.13 Å². The number of hydrogen-bond donors (Lipinski definition) is 2. The van der Waals surface area contributed by atoms with Crippen LogP contribution in [0.5, 0.6) is 0 Å². The van der Waals surface area contributed by atoms with Crippen LogP contribution in [0, 0.1) is 5.82 Å². The van der Waals surface area contributed by atoms with E-state index in [-0.39, 0.29) is 17.6 Å². The van der Waals surface area contributed by atoms with Gasteiger partial charge < -0.3 is 5.32 Å². The van der Waals surface area contributed by atoms with Crippen molar-refractivity contribution in [1.82, 2.24) is 10.3 Å². The summed E-state index contributed by atoms with van der Waals surface area (Å²) in [7, 11) is 0. The Kier molecular flexibility index (Phi) is 2.90. The maximum Gasteiger partial charge on any atom is 0.249 e. The zero-order valence-corrected chi connectivity index (χ0v) is 10.6. The summed E-state index contributed by atoms with van der Waals surface area (Å²) in [6.07, 6.45) is 0.748. The second-order valence-electron chi connectivity index (χ2n) is 4.28. The maximum absolute atomic E-state index is 13.1. The minimum Gasteiger partial charge on any atom is -0.350 e. The molecule has 7 heteroatoms. The van der Waals surface area contributed by atoms with Crippen molar-refractivity contribution in [3.8, 4) is 0 Å². The van der Waals surface area contributed by atoms with Gasteiger partial charge in [0.05, 0.1) is 10.2 Å². The summed E-state index contributed by atoms with van der Waals surface area (Å²) in [6, 6.07) is 3.90. The van der Waals surface area contributed by atoms with E-state index in [0.717, 1.165) is 4.70 Å². The maximum atomic E-state index is 13.1. The average Bonchev–Trinajstić information content (AvgIpc) is 2.74. The molecule has 0 bridgehead atoms. The highest BCUT2D eigenvalue weighted by atomic mass is 32.1. The second-order valence-corrected chi connectivity index (χ2v) is 5.31. The lowest BCUT2D eigenvalue weighted by Crippen LogP contribution is -2.47. The summed E-state index contributed by atoms with van der Waals surface area (Å²) in [5.74, 6) is -0.943. The molecule has 2 aromatic rings. The molecule has 0 spiro atoms. The third kappa shape index (κ3) is 2.41. The number of aromatic nitrogens is 1. The van der Waals surface area contributed by atoms with Crippen LogP contribution in [0.25, 0.3) is 10.2 Å². The Labute approximate surface area is 111 Å². The average molecular weight is 279 g/mol. The number of piperidine rings is 1. The number of imide groups is 1. The Morgan fingerprint density at radius 2 is 2.26 bits per heavy atom. The normalized spacial score (nSPS) is 19.5. The summed E-state index contributed by atoms with van der Waals surface area (Å²) in [6.45, 7) is 0. The first-order chi connectivity index (χ1) is 9.11. The van der Waals surface area contributed by atoms with Crippen molar-refractivity contribution in [2.75, 3.05) is 5.32 Å². The first-order valence-corrected chi connectivity index (χ1v) is 6.60. The quantitative estimate of drug-likeness (QED) is 0.820. The molecule has 2 amide bonds. The van der Waals surface area contributed by atoms with Gasteiger partial charge in [0.25, 0.3) is 0 Å². The van der Waals surface area contributed by atoms with Crippen LogP contribution in [-0.4, -0.2) is 22.8 Å². The van der Waals surface area contributed by atoms with Crippen molar-refractivity contribution in [3.05, 3.63) is 24.0 Å². The molecule has 3 rings (SSSR count). The zero-order valence-electron chi connectivity index (χ0n) is 9.77. The monoisotopic (exact) mass is 279 g/mol. The molecule has 0 radical (unpaired) electrons. The fourth-order valence-corrected chi connectivity index (χ4v) is 2.84. The van der Waals surface area contributed by atoms with Gasteiger partial charge in [-0.3, -0.25) is 14.9 Å². The summed E-state index contributed by atoms with van der Waals surface area (Å²) >= 11 is 1.35. The smallest absolute Gasteiger partial charge is 0.249 e. The van der Waals surface area contributed by atoms with E-state index in [1.807, 2.05) is 0 Å². The Bertz CT molecular complexity index is 670. The highest BCUT2D eigenvalue weighted by Crippen LogP contribution is 2.27. The number of nitrogens with one attached hydrogen (secondary N) is 2. The van der Waals surface area contributed by atoms with Crippen molar-refractivity contribution in [2.45, 2.75) is 18.9 Å². The first kappa shape index (κ1) is 12.0. The van der Waals surface area contributed by atoms with Crippen LogP contribution in [0.15, 0.2) is 18.2 Å². The predicted octanol–water partition coefficient (Wildman–Crippen LogP) is 1.65. The number of amides is 2. The molecule has 1 saturated heterocycles. The first-order valence-electron chi connectivity index (χ1n) is 5.78. The van der Waals surface area contributed by atoms with E-state index in [2.05, 4.69) is 15.6 Å².